The molecule has 4 heteroatoms. The maximum Gasteiger partial charge on any atom is 0.120 e. The first kappa shape index (κ1) is 13.1. The lowest BCUT2D eigenvalue weighted by atomic mass is 10.1. The van der Waals surface area contributed by atoms with Crippen molar-refractivity contribution in [3.05, 3.63) is 48.0 Å². The average molecular weight is 258 g/mol. The highest BCUT2D eigenvalue weighted by Crippen LogP contribution is 2.24. The van der Waals surface area contributed by atoms with Gasteiger partial charge in [-0.2, -0.15) is 0 Å². The van der Waals surface area contributed by atoms with Gasteiger partial charge in [-0.1, -0.05) is 0 Å². The molecule has 100 valence electrons. The van der Waals surface area contributed by atoms with Crippen LogP contribution in [0.1, 0.15) is 5.56 Å². The number of phenolic OH excluding ortho intramolecular Hbond substituents is 1. The number of aromatic hydroxyl groups is 1. The minimum Gasteiger partial charge on any atom is -0.508 e. The highest BCUT2D eigenvalue weighted by Gasteiger charge is 2.07. The van der Waals surface area contributed by atoms with Crippen LogP contribution < -0.4 is 15.4 Å². The van der Waals surface area contributed by atoms with Crippen LogP contribution in [0.2, 0.25) is 0 Å². The molecule has 3 N–H and O–H groups in total. The fourth-order valence-corrected chi connectivity index (χ4v) is 1.92. The zero-order valence-corrected chi connectivity index (χ0v) is 11.1. The summed E-state index contributed by atoms with van der Waals surface area (Å²) in [6, 6.07) is 12.9. The van der Waals surface area contributed by atoms with Gasteiger partial charge in [-0.25, -0.2) is 0 Å². The van der Waals surface area contributed by atoms with Crippen molar-refractivity contribution in [1.29, 1.82) is 0 Å². The standard InChI is InChI=1S/C15H18N2O2/c1-17(13-4-6-14(19-2)7-5-13)10-11-9-12(16)3-8-15(11)18/h3-9,18H,10,16H2,1-2H3. The molecule has 2 aromatic carbocycles. The minimum atomic E-state index is 0.259. The van der Waals surface area contributed by atoms with Crippen molar-refractivity contribution >= 4 is 11.4 Å². The van der Waals surface area contributed by atoms with Crippen molar-refractivity contribution in [3.63, 3.8) is 0 Å². The summed E-state index contributed by atoms with van der Waals surface area (Å²) < 4.78 is 5.13. The Morgan fingerprint density at radius 2 is 1.84 bits per heavy atom. The maximum atomic E-state index is 9.81. The van der Waals surface area contributed by atoms with E-state index in [4.69, 9.17) is 10.5 Å². The van der Waals surface area contributed by atoms with Crippen molar-refractivity contribution in [2.24, 2.45) is 0 Å². The van der Waals surface area contributed by atoms with Crippen molar-refractivity contribution in [3.8, 4) is 11.5 Å². The van der Waals surface area contributed by atoms with E-state index in [-0.39, 0.29) is 5.75 Å². The largest absolute Gasteiger partial charge is 0.508 e. The number of nitrogens with two attached hydrogens (primary N) is 1. The first-order chi connectivity index (χ1) is 9.10. The van der Waals surface area contributed by atoms with Gasteiger partial charge in [0.1, 0.15) is 11.5 Å². The molecule has 0 amide bonds. The van der Waals surface area contributed by atoms with Crippen molar-refractivity contribution in [1.82, 2.24) is 0 Å². The second-order valence-corrected chi connectivity index (χ2v) is 4.44. The summed E-state index contributed by atoms with van der Waals surface area (Å²) in [5, 5.41) is 9.81. The molecule has 0 aromatic heterocycles. The summed E-state index contributed by atoms with van der Waals surface area (Å²) in [4.78, 5) is 2.04. The molecule has 0 aliphatic carbocycles. The van der Waals surface area contributed by atoms with Crippen LogP contribution in [0.25, 0.3) is 0 Å². The smallest absolute Gasteiger partial charge is 0.120 e. The Morgan fingerprint density at radius 1 is 1.16 bits per heavy atom. The molecule has 0 saturated carbocycles. The van der Waals surface area contributed by atoms with E-state index < -0.39 is 0 Å². The molecule has 0 bridgehead atoms. The van der Waals surface area contributed by atoms with Crippen molar-refractivity contribution < 1.29 is 9.84 Å². The highest BCUT2D eigenvalue weighted by molar-refractivity contribution is 5.52. The molecular weight excluding hydrogens is 240 g/mol. The minimum absolute atomic E-state index is 0.259. The summed E-state index contributed by atoms with van der Waals surface area (Å²) >= 11 is 0. The van der Waals surface area contributed by atoms with E-state index in [9.17, 15) is 5.11 Å². The Labute approximate surface area is 113 Å². The number of rotatable bonds is 4. The Kier molecular flexibility index (Phi) is 3.80. The Balaban J connectivity index is 2.15. The third kappa shape index (κ3) is 3.10. The van der Waals surface area contributed by atoms with Gasteiger partial charge in [0.15, 0.2) is 0 Å². The molecule has 0 atom stereocenters. The van der Waals surface area contributed by atoms with E-state index in [1.165, 1.54) is 0 Å². The number of nitrogens with zero attached hydrogens (tertiary/aromatic N) is 1. The fraction of sp³-hybridized carbons (Fsp3) is 0.200. The third-order valence-corrected chi connectivity index (χ3v) is 3.02. The van der Waals surface area contributed by atoms with E-state index in [0.29, 0.717) is 12.2 Å². The van der Waals surface area contributed by atoms with Crippen LogP contribution in [0.5, 0.6) is 11.5 Å². The van der Waals surface area contributed by atoms with E-state index in [1.807, 2.05) is 36.2 Å². The normalized spacial score (nSPS) is 10.2. The van der Waals surface area contributed by atoms with Gasteiger partial charge in [0.05, 0.1) is 7.11 Å². The predicted octanol–water partition coefficient (Wildman–Crippen LogP) is 2.62. The summed E-state index contributed by atoms with van der Waals surface area (Å²) in [5.74, 6) is 1.08. The molecule has 0 heterocycles. The summed E-state index contributed by atoms with van der Waals surface area (Å²) in [7, 11) is 3.61. The topological polar surface area (TPSA) is 58.7 Å². The van der Waals surface area contributed by atoms with Gasteiger partial charge in [-0.15, -0.1) is 0 Å². The first-order valence-corrected chi connectivity index (χ1v) is 6.02. The third-order valence-electron chi connectivity index (χ3n) is 3.02. The summed E-state index contributed by atoms with van der Waals surface area (Å²) in [6.07, 6.45) is 0. The lowest BCUT2D eigenvalue weighted by molar-refractivity contribution is 0.415. The predicted molar refractivity (Wildman–Crippen MR) is 77.6 cm³/mol. The lowest BCUT2D eigenvalue weighted by Crippen LogP contribution is -2.16. The molecule has 0 saturated heterocycles. The van der Waals surface area contributed by atoms with Gasteiger partial charge in [-0.3, -0.25) is 0 Å². The molecular formula is C15H18N2O2. The van der Waals surface area contributed by atoms with Gasteiger partial charge < -0.3 is 20.5 Å². The molecule has 0 aliphatic rings. The van der Waals surface area contributed by atoms with Gasteiger partial charge in [0.25, 0.3) is 0 Å². The second kappa shape index (κ2) is 5.52. The monoisotopic (exact) mass is 258 g/mol. The zero-order valence-electron chi connectivity index (χ0n) is 11.1. The van der Waals surface area contributed by atoms with Gasteiger partial charge in [-0.05, 0) is 42.5 Å². The van der Waals surface area contributed by atoms with Crippen LogP contribution in [0.3, 0.4) is 0 Å². The van der Waals surface area contributed by atoms with Crippen LogP contribution in [0.4, 0.5) is 11.4 Å². The highest BCUT2D eigenvalue weighted by atomic mass is 16.5. The number of anilines is 2. The van der Waals surface area contributed by atoms with Crippen LogP contribution in [0.15, 0.2) is 42.5 Å². The Hall–Kier alpha value is -2.36. The number of hydrogen-bond donors (Lipinski definition) is 2. The van der Waals surface area contributed by atoms with Crippen LogP contribution in [-0.4, -0.2) is 19.3 Å². The molecule has 0 radical (unpaired) electrons. The fourth-order valence-electron chi connectivity index (χ4n) is 1.92. The average Bonchev–Trinajstić information content (AvgIpc) is 2.43. The molecule has 0 aliphatic heterocycles. The number of nitrogen functional groups attached to an aromatic ring is 1. The Morgan fingerprint density at radius 3 is 2.47 bits per heavy atom. The molecule has 4 nitrogen and oxygen atoms in total. The maximum absolute atomic E-state index is 9.81. The van der Waals surface area contributed by atoms with Crippen LogP contribution >= 0.6 is 0 Å². The van der Waals surface area contributed by atoms with Crippen LogP contribution in [-0.2, 0) is 6.54 Å². The molecule has 2 aromatic rings. The van der Waals surface area contributed by atoms with Gasteiger partial charge in [0, 0.05) is 30.5 Å². The molecule has 0 fully saturated rings. The molecule has 19 heavy (non-hydrogen) atoms. The first-order valence-electron chi connectivity index (χ1n) is 6.02. The SMILES string of the molecule is COc1ccc(N(C)Cc2cc(N)ccc2O)cc1. The van der Waals surface area contributed by atoms with Gasteiger partial charge in [0.2, 0.25) is 0 Å². The van der Waals surface area contributed by atoms with Crippen molar-refractivity contribution in [2.75, 3.05) is 24.8 Å². The van der Waals surface area contributed by atoms with E-state index in [0.717, 1.165) is 17.0 Å². The van der Waals surface area contributed by atoms with E-state index in [1.54, 1.807) is 25.3 Å². The zero-order chi connectivity index (χ0) is 13.8. The number of ether oxygens (including phenoxy) is 1. The summed E-state index contributed by atoms with van der Waals surface area (Å²) in [6.45, 7) is 0.587. The molecule has 0 spiro atoms. The quantitative estimate of drug-likeness (QED) is 0.654. The number of methoxy groups -OCH3 is 1. The molecule has 0 unspecified atom stereocenters. The lowest BCUT2D eigenvalue weighted by Gasteiger charge is -2.20. The summed E-state index contributed by atoms with van der Waals surface area (Å²) in [5.41, 5.74) is 8.23. The van der Waals surface area contributed by atoms with Gasteiger partial charge >= 0.3 is 0 Å². The van der Waals surface area contributed by atoms with E-state index >= 15 is 0 Å². The molecule has 2 rings (SSSR count). The second-order valence-electron chi connectivity index (χ2n) is 4.44. The van der Waals surface area contributed by atoms with Crippen molar-refractivity contribution in [2.45, 2.75) is 6.54 Å². The number of benzene rings is 2. The van der Waals surface area contributed by atoms with E-state index in [2.05, 4.69) is 0 Å². The number of phenols is 1. The Bertz CT molecular complexity index is 553. The van der Waals surface area contributed by atoms with Crippen LogP contribution in [0, 0.1) is 0 Å². The number of hydrogen-bond acceptors (Lipinski definition) is 4.